The van der Waals surface area contributed by atoms with Crippen molar-refractivity contribution in [3.63, 3.8) is 0 Å². The van der Waals surface area contributed by atoms with Crippen molar-refractivity contribution in [2.24, 2.45) is 0 Å². The first-order valence-electron chi connectivity index (χ1n) is 11.5. The predicted octanol–water partition coefficient (Wildman–Crippen LogP) is 6.96. The van der Waals surface area contributed by atoms with Crippen molar-refractivity contribution >= 4 is 34.8 Å². The Balaban J connectivity index is 1.41. The number of hydrogen-bond acceptors (Lipinski definition) is 2. The maximum atomic E-state index is 13.6. The first kappa shape index (κ1) is 22.9. The molecule has 1 aliphatic rings. The predicted molar refractivity (Wildman–Crippen MR) is 142 cm³/mol. The first-order chi connectivity index (χ1) is 16.9. The van der Waals surface area contributed by atoms with Gasteiger partial charge in [0.15, 0.2) is 0 Å². The van der Waals surface area contributed by atoms with Gasteiger partial charge in [-0.05, 0) is 91.1 Å². The minimum atomic E-state index is -0.170. The largest absolute Gasteiger partial charge is 0.322 e. The van der Waals surface area contributed by atoms with Gasteiger partial charge in [0, 0.05) is 27.5 Å². The van der Waals surface area contributed by atoms with Gasteiger partial charge in [0.25, 0.3) is 11.8 Å². The summed E-state index contributed by atoms with van der Waals surface area (Å²) in [6.45, 7) is 4.41. The molecule has 1 heterocycles. The Bertz CT molecular complexity index is 1440. The monoisotopic (exact) mass is 480 g/mol. The van der Waals surface area contributed by atoms with Gasteiger partial charge in [-0.3, -0.25) is 9.59 Å². The van der Waals surface area contributed by atoms with Gasteiger partial charge in [-0.15, -0.1) is 0 Å². The minimum Gasteiger partial charge on any atom is -0.322 e. The second kappa shape index (κ2) is 9.40. The van der Waals surface area contributed by atoms with Crippen LogP contribution in [0.15, 0.2) is 84.9 Å². The molecule has 5 rings (SSSR count). The van der Waals surface area contributed by atoms with Gasteiger partial charge in [0.05, 0.1) is 6.54 Å². The van der Waals surface area contributed by atoms with Crippen molar-refractivity contribution in [2.75, 3.05) is 10.2 Å². The van der Waals surface area contributed by atoms with Crippen molar-refractivity contribution in [1.29, 1.82) is 0 Å². The van der Waals surface area contributed by atoms with Gasteiger partial charge in [-0.25, -0.2) is 0 Å². The molecule has 0 radical (unpaired) electrons. The van der Waals surface area contributed by atoms with Crippen molar-refractivity contribution in [3.05, 3.63) is 129 Å². The molecular formula is C30H25ClN2O2. The maximum absolute atomic E-state index is 13.6. The van der Waals surface area contributed by atoms with Crippen LogP contribution >= 0.6 is 11.6 Å². The van der Waals surface area contributed by atoms with E-state index in [9.17, 15) is 9.59 Å². The molecule has 5 heteroatoms. The number of hydrogen-bond donors (Lipinski definition) is 1. The van der Waals surface area contributed by atoms with E-state index in [4.69, 9.17) is 11.6 Å². The number of nitrogens with zero attached hydrogens (tertiary/aromatic N) is 1. The Morgan fingerprint density at radius 2 is 1.57 bits per heavy atom. The van der Waals surface area contributed by atoms with Gasteiger partial charge in [-0.1, -0.05) is 53.6 Å². The third-order valence-electron chi connectivity index (χ3n) is 6.42. The fourth-order valence-corrected chi connectivity index (χ4v) is 4.80. The van der Waals surface area contributed by atoms with Crippen LogP contribution in [0.3, 0.4) is 0 Å². The molecular weight excluding hydrogens is 456 g/mol. The molecule has 0 aliphatic carbocycles. The highest BCUT2D eigenvalue weighted by Gasteiger charge is 2.25. The van der Waals surface area contributed by atoms with Crippen molar-refractivity contribution < 1.29 is 9.59 Å². The van der Waals surface area contributed by atoms with Crippen LogP contribution in [-0.4, -0.2) is 11.8 Å². The van der Waals surface area contributed by atoms with Crippen LogP contribution < -0.4 is 10.2 Å². The van der Waals surface area contributed by atoms with E-state index in [0.717, 1.165) is 34.4 Å². The number of carbonyl (C=O) groups excluding carboxylic acids is 2. The van der Waals surface area contributed by atoms with Crippen molar-refractivity contribution in [1.82, 2.24) is 0 Å². The second-order valence-corrected chi connectivity index (χ2v) is 9.40. The molecule has 2 amide bonds. The minimum absolute atomic E-state index is 0.0995. The zero-order chi connectivity index (χ0) is 24.5. The SMILES string of the molecule is Cc1ccc(C(=O)Nc2ccc(C(=O)N3Cc4ccccc4Cc4cc(Cl)ccc43)cc2)c(C)c1. The zero-order valence-corrected chi connectivity index (χ0v) is 20.4. The molecule has 0 spiro atoms. The molecule has 0 saturated carbocycles. The lowest BCUT2D eigenvalue weighted by Gasteiger charge is -2.24. The van der Waals surface area contributed by atoms with Crippen LogP contribution in [0.25, 0.3) is 0 Å². The van der Waals surface area contributed by atoms with E-state index in [1.54, 1.807) is 29.2 Å². The zero-order valence-electron chi connectivity index (χ0n) is 19.6. The number of halogens is 1. The Morgan fingerprint density at radius 3 is 2.31 bits per heavy atom. The third-order valence-corrected chi connectivity index (χ3v) is 6.66. The topological polar surface area (TPSA) is 49.4 Å². The molecule has 0 unspecified atom stereocenters. The highest BCUT2D eigenvalue weighted by atomic mass is 35.5. The number of nitrogens with one attached hydrogen (secondary N) is 1. The summed E-state index contributed by atoms with van der Waals surface area (Å²) in [6, 6.07) is 26.6. The van der Waals surface area contributed by atoms with E-state index in [2.05, 4.69) is 17.4 Å². The summed E-state index contributed by atoms with van der Waals surface area (Å²) in [7, 11) is 0. The second-order valence-electron chi connectivity index (χ2n) is 8.96. The number of anilines is 2. The van der Waals surface area contributed by atoms with E-state index in [1.165, 1.54) is 5.56 Å². The standard InChI is InChI=1S/C30H25ClN2O2/c1-19-7-13-27(20(2)15-19)29(34)32-26-11-8-21(9-12-26)30(35)33-18-23-6-4-3-5-22(23)16-24-17-25(31)10-14-28(24)33/h3-15,17H,16,18H2,1-2H3,(H,32,34). The van der Waals surface area contributed by atoms with Crippen molar-refractivity contribution in [3.8, 4) is 0 Å². The molecule has 0 atom stereocenters. The summed E-state index contributed by atoms with van der Waals surface area (Å²) < 4.78 is 0. The number of carbonyl (C=O) groups is 2. The molecule has 0 bridgehead atoms. The third kappa shape index (κ3) is 4.71. The average molecular weight is 481 g/mol. The highest BCUT2D eigenvalue weighted by Crippen LogP contribution is 2.33. The number of amides is 2. The molecule has 0 fully saturated rings. The maximum Gasteiger partial charge on any atom is 0.258 e. The summed E-state index contributed by atoms with van der Waals surface area (Å²) in [5.41, 5.74) is 8.05. The summed E-state index contributed by atoms with van der Waals surface area (Å²) in [5, 5.41) is 3.58. The molecule has 4 nitrogen and oxygen atoms in total. The van der Waals surface area contributed by atoms with Gasteiger partial charge in [0.1, 0.15) is 0 Å². The fraction of sp³-hybridized carbons (Fsp3) is 0.133. The lowest BCUT2D eigenvalue weighted by molar-refractivity contribution is 0.0984. The molecule has 4 aromatic carbocycles. The number of fused-ring (bicyclic) bond motifs is 2. The summed E-state index contributed by atoms with van der Waals surface area (Å²) in [5.74, 6) is -0.269. The lowest BCUT2D eigenvalue weighted by atomic mass is 10.0. The average Bonchev–Trinajstić information content (AvgIpc) is 3.00. The van der Waals surface area contributed by atoms with Crippen LogP contribution in [0.2, 0.25) is 5.02 Å². The first-order valence-corrected chi connectivity index (χ1v) is 11.9. The Morgan fingerprint density at radius 1 is 0.829 bits per heavy atom. The summed E-state index contributed by atoms with van der Waals surface area (Å²) in [4.78, 5) is 28.2. The quantitative estimate of drug-likeness (QED) is 0.344. The molecule has 0 saturated heterocycles. The smallest absolute Gasteiger partial charge is 0.258 e. The molecule has 1 aliphatic heterocycles. The molecule has 1 N–H and O–H groups in total. The van der Waals surface area contributed by atoms with Gasteiger partial charge in [0.2, 0.25) is 0 Å². The van der Waals surface area contributed by atoms with Gasteiger partial charge in [-0.2, -0.15) is 0 Å². The van der Waals surface area contributed by atoms with E-state index >= 15 is 0 Å². The van der Waals surface area contributed by atoms with E-state index in [0.29, 0.717) is 28.4 Å². The normalized spacial score (nSPS) is 12.4. The van der Waals surface area contributed by atoms with Crippen molar-refractivity contribution in [2.45, 2.75) is 26.8 Å². The number of benzene rings is 4. The highest BCUT2D eigenvalue weighted by molar-refractivity contribution is 6.30. The van der Waals surface area contributed by atoms with Crippen LogP contribution in [-0.2, 0) is 13.0 Å². The summed E-state index contributed by atoms with van der Waals surface area (Å²) >= 11 is 6.28. The van der Waals surface area contributed by atoms with E-state index in [1.807, 2.05) is 62.4 Å². The number of aryl methyl sites for hydroxylation is 2. The molecule has 174 valence electrons. The van der Waals surface area contributed by atoms with Gasteiger partial charge >= 0.3 is 0 Å². The van der Waals surface area contributed by atoms with Crippen LogP contribution in [0.1, 0.15) is 48.5 Å². The Labute approximate surface area is 210 Å². The van der Waals surface area contributed by atoms with E-state index < -0.39 is 0 Å². The summed E-state index contributed by atoms with van der Waals surface area (Å²) in [6.07, 6.45) is 0.721. The lowest BCUT2D eigenvalue weighted by Crippen LogP contribution is -2.30. The van der Waals surface area contributed by atoms with Crippen LogP contribution in [0.5, 0.6) is 0 Å². The molecule has 0 aromatic heterocycles. The fourth-order valence-electron chi connectivity index (χ4n) is 4.60. The molecule has 4 aromatic rings. The van der Waals surface area contributed by atoms with Crippen LogP contribution in [0.4, 0.5) is 11.4 Å². The van der Waals surface area contributed by atoms with Gasteiger partial charge < -0.3 is 10.2 Å². The van der Waals surface area contributed by atoms with Crippen LogP contribution in [0, 0.1) is 13.8 Å². The molecule has 35 heavy (non-hydrogen) atoms. The Hall–Kier alpha value is -3.89. The van der Waals surface area contributed by atoms with E-state index in [-0.39, 0.29) is 11.8 Å². The Kier molecular flexibility index (Phi) is 6.14. The number of rotatable bonds is 3.